The maximum Gasteiger partial charge on any atom is 0.0844 e. The summed E-state index contributed by atoms with van der Waals surface area (Å²) in [5.41, 5.74) is 3.13. The first kappa shape index (κ1) is 14.8. The summed E-state index contributed by atoms with van der Waals surface area (Å²) in [4.78, 5) is 0. The lowest BCUT2D eigenvalue weighted by Crippen LogP contribution is -2.56. The number of ether oxygens (including phenoxy) is 1. The Kier molecular flexibility index (Phi) is 4.40. The summed E-state index contributed by atoms with van der Waals surface area (Å²) in [5, 5.41) is 0. The van der Waals surface area contributed by atoms with Gasteiger partial charge in [0.15, 0.2) is 0 Å². The zero-order valence-corrected chi connectivity index (χ0v) is 13.2. The molecular formula is C17H32N2O. The predicted molar refractivity (Wildman–Crippen MR) is 82.0 cm³/mol. The van der Waals surface area contributed by atoms with E-state index >= 15 is 0 Å². The van der Waals surface area contributed by atoms with Crippen molar-refractivity contribution in [3.05, 3.63) is 0 Å². The number of hydrogen-bond donors (Lipinski definition) is 2. The lowest BCUT2D eigenvalue weighted by atomic mass is 9.71. The second-order valence-corrected chi connectivity index (χ2v) is 7.84. The van der Waals surface area contributed by atoms with Crippen molar-refractivity contribution in [3.8, 4) is 0 Å². The van der Waals surface area contributed by atoms with Crippen molar-refractivity contribution < 1.29 is 4.74 Å². The monoisotopic (exact) mass is 280 g/mol. The highest BCUT2D eigenvalue weighted by Crippen LogP contribution is 2.51. The van der Waals surface area contributed by atoms with Crippen LogP contribution >= 0.6 is 0 Å². The zero-order chi connectivity index (χ0) is 14.2. The topological polar surface area (TPSA) is 47.3 Å². The van der Waals surface area contributed by atoms with Crippen LogP contribution in [-0.2, 0) is 4.74 Å². The molecule has 3 aliphatic carbocycles. The van der Waals surface area contributed by atoms with E-state index in [1.54, 1.807) is 0 Å². The first-order chi connectivity index (χ1) is 9.66. The molecular weight excluding hydrogens is 248 g/mol. The molecule has 116 valence electrons. The molecule has 0 heterocycles. The largest absolute Gasteiger partial charge is 0.377 e. The highest BCUT2D eigenvalue weighted by Gasteiger charge is 2.46. The van der Waals surface area contributed by atoms with Crippen LogP contribution in [0.2, 0.25) is 0 Å². The number of hydrogen-bond acceptors (Lipinski definition) is 3. The molecule has 0 aromatic carbocycles. The molecule has 0 spiro atoms. The molecule has 0 aliphatic heterocycles. The van der Waals surface area contributed by atoms with Gasteiger partial charge < -0.3 is 4.74 Å². The normalized spacial score (nSPS) is 45.8. The van der Waals surface area contributed by atoms with Crippen molar-refractivity contribution in [3.63, 3.8) is 0 Å². The van der Waals surface area contributed by atoms with Crippen molar-refractivity contribution in [2.24, 2.45) is 29.5 Å². The van der Waals surface area contributed by atoms with E-state index in [4.69, 9.17) is 10.6 Å². The lowest BCUT2D eigenvalue weighted by Gasteiger charge is -2.45. The Balaban J connectivity index is 1.65. The van der Waals surface area contributed by atoms with Crippen molar-refractivity contribution in [2.75, 3.05) is 7.11 Å². The summed E-state index contributed by atoms with van der Waals surface area (Å²) < 4.78 is 6.03. The Morgan fingerprint density at radius 1 is 1.20 bits per heavy atom. The molecule has 20 heavy (non-hydrogen) atoms. The Hall–Kier alpha value is -0.120. The van der Waals surface area contributed by atoms with Gasteiger partial charge in [-0.15, -0.1) is 0 Å². The van der Waals surface area contributed by atoms with Crippen LogP contribution in [0.25, 0.3) is 0 Å². The van der Waals surface area contributed by atoms with Gasteiger partial charge in [-0.25, -0.2) is 0 Å². The number of rotatable bonds is 5. The Morgan fingerprint density at radius 2 is 1.95 bits per heavy atom. The molecule has 3 saturated carbocycles. The summed E-state index contributed by atoms with van der Waals surface area (Å²) in [5.74, 6) is 9.68. The Labute approximate surface area is 124 Å². The van der Waals surface area contributed by atoms with Gasteiger partial charge in [-0.3, -0.25) is 11.3 Å². The molecule has 0 aromatic heterocycles. The standard InChI is InChI=1S/C17H32N2O/c1-12-5-7-17(20-2,8-6-12)16(19-18)11-15-10-13-3-4-14(15)9-13/h12-16,19H,3-11,18H2,1-2H3. The lowest BCUT2D eigenvalue weighted by molar-refractivity contribution is -0.0810. The SMILES string of the molecule is COC1(C(CC2CC3CCC2C3)NN)CCC(C)CC1. The number of nitrogens with two attached hydrogens (primary N) is 1. The molecule has 0 aromatic rings. The summed E-state index contributed by atoms with van der Waals surface area (Å²) in [7, 11) is 1.89. The molecule has 3 fully saturated rings. The van der Waals surface area contributed by atoms with Crippen molar-refractivity contribution in [1.82, 2.24) is 5.43 Å². The summed E-state index contributed by atoms with van der Waals surface area (Å²) >= 11 is 0. The van der Waals surface area contributed by atoms with E-state index in [-0.39, 0.29) is 5.60 Å². The molecule has 3 heteroatoms. The van der Waals surface area contributed by atoms with Crippen LogP contribution in [0.3, 0.4) is 0 Å². The third-order valence-electron chi connectivity index (χ3n) is 6.79. The van der Waals surface area contributed by atoms with E-state index in [0.717, 1.165) is 23.7 Å². The van der Waals surface area contributed by atoms with E-state index in [1.807, 2.05) is 7.11 Å². The smallest absolute Gasteiger partial charge is 0.0844 e. The third kappa shape index (κ3) is 2.65. The van der Waals surface area contributed by atoms with E-state index in [9.17, 15) is 0 Å². The predicted octanol–water partition coefficient (Wildman–Crippen LogP) is 3.24. The minimum absolute atomic E-state index is 0.0108. The van der Waals surface area contributed by atoms with Crippen LogP contribution < -0.4 is 11.3 Å². The zero-order valence-electron chi connectivity index (χ0n) is 13.2. The van der Waals surface area contributed by atoms with E-state index in [0.29, 0.717) is 6.04 Å². The Bertz CT molecular complexity index is 325. The quantitative estimate of drug-likeness (QED) is 0.600. The minimum atomic E-state index is -0.0108. The summed E-state index contributed by atoms with van der Waals surface area (Å²) in [6.07, 6.45) is 12.0. The van der Waals surface area contributed by atoms with Crippen LogP contribution in [-0.4, -0.2) is 18.8 Å². The highest BCUT2D eigenvalue weighted by molar-refractivity contribution is 4.99. The maximum absolute atomic E-state index is 6.03. The van der Waals surface area contributed by atoms with Gasteiger partial charge in [0.2, 0.25) is 0 Å². The van der Waals surface area contributed by atoms with Crippen molar-refractivity contribution >= 4 is 0 Å². The molecule has 3 rings (SSSR count). The summed E-state index contributed by atoms with van der Waals surface area (Å²) in [6.45, 7) is 2.36. The average molecular weight is 280 g/mol. The van der Waals surface area contributed by atoms with Crippen molar-refractivity contribution in [2.45, 2.75) is 76.4 Å². The number of fused-ring (bicyclic) bond motifs is 2. The number of hydrazine groups is 1. The van der Waals surface area contributed by atoms with Gasteiger partial charge in [0.05, 0.1) is 11.6 Å². The fraction of sp³-hybridized carbons (Fsp3) is 1.00. The van der Waals surface area contributed by atoms with Crippen LogP contribution in [0.4, 0.5) is 0 Å². The molecule has 3 aliphatic rings. The fourth-order valence-electron chi connectivity index (χ4n) is 5.35. The molecule has 2 bridgehead atoms. The first-order valence-electron chi connectivity index (χ1n) is 8.68. The maximum atomic E-state index is 6.03. The molecule has 3 N–H and O–H groups in total. The highest BCUT2D eigenvalue weighted by atomic mass is 16.5. The molecule has 0 amide bonds. The van der Waals surface area contributed by atoms with Gasteiger partial charge in [-0.1, -0.05) is 13.3 Å². The van der Waals surface area contributed by atoms with Gasteiger partial charge in [0.1, 0.15) is 0 Å². The molecule has 0 radical (unpaired) electrons. The number of methoxy groups -OCH3 is 1. The molecule has 0 saturated heterocycles. The van der Waals surface area contributed by atoms with Gasteiger partial charge in [0, 0.05) is 7.11 Å². The van der Waals surface area contributed by atoms with Crippen LogP contribution in [0.15, 0.2) is 0 Å². The van der Waals surface area contributed by atoms with Gasteiger partial charge in [-0.05, 0) is 75.0 Å². The average Bonchev–Trinajstić information content (AvgIpc) is 3.09. The van der Waals surface area contributed by atoms with Crippen LogP contribution in [0.5, 0.6) is 0 Å². The fourth-order valence-corrected chi connectivity index (χ4v) is 5.35. The Morgan fingerprint density at radius 3 is 2.45 bits per heavy atom. The van der Waals surface area contributed by atoms with E-state index < -0.39 is 0 Å². The molecule has 4 unspecified atom stereocenters. The van der Waals surface area contributed by atoms with Gasteiger partial charge in [-0.2, -0.15) is 0 Å². The van der Waals surface area contributed by atoms with Gasteiger partial charge in [0.25, 0.3) is 0 Å². The first-order valence-corrected chi connectivity index (χ1v) is 8.68. The van der Waals surface area contributed by atoms with Gasteiger partial charge >= 0.3 is 0 Å². The second kappa shape index (κ2) is 5.94. The third-order valence-corrected chi connectivity index (χ3v) is 6.79. The minimum Gasteiger partial charge on any atom is -0.377 e. The number of nitrogens with one attached hydrogen (secondary N) is 1. The van der Waals surface area contributed by atoms with E-state index in [2.05, 4.69) is 12.3 Å². The molecule has 4 atom stereocenters. The summed E-state index contributed by atoms with van der Waals surface area (Å²) in [6, 6.07) is 0.337. The van der Waals surface area contributed by atoms with Crippen LogP contribution in [0, 0.1) is 23.7 Å². The van der Waals surface area contributed by atoms with E-state index in [1.165, 1.54) is 57.8 Å². The second-order valence-electron chi connectivity index (χ2n) is 7.84. The van der Waals surface area contributed by atoms with Crippen LogP contribution in [0.1, 0.15) is 64.7 Å². The van der Waals surface area contributed by atoms with Crippen molar-refractivity contribution in [1.29, 1.82) is 0 Å². The molecule has 3 nitrogen and oxygen atoms in total.